The van der Waals surface area contributed by atoms with Crippen LogP contribution in [0, 0.1) is 5.92 Å². The summed E-state index contributed by atoms with van der Waals surface area (Å²) in [5, 5.41) is 9.87. The molecule has 2 atom stereocenters. The normalized spacial score (nSPS) is 22.5. The third-order valence-corrected chi connectivity index (χ3v) is 5.62. The molecule has 3 N–H and O–H groups in total. The van der Waals surface area contributed by atoms with E-state index in [-0.39, 0.29) is 17.6 Å². The number of fused-ring (bicyclic) bond motifs is 1. The molecule has 1 saturated heterocycles. The topological polar surface area (TPSA) is 97.8 Å². The van der Waals surface area contributed by atoms with Crippen LogP contribution in [-0.2, 0) is 0 Å². The molecule has 0 spiro atoms. The van der Waals surface area contributed by atoms with Crippen molar-refractivity contribution in [1.29, 1.82) is 0 Å². The maximum absolute atomic E-state index is 12.8. The van der Waals surface area contributed by atoms with Crippen molar-refractivity contribution in [1.82, 2.24) is 4.57 Å². The molecule has 2 heterocycles. The third-order valence-electron chi connectivity index (χ3n) is 5.62. The number of piperidine rings is 1. The first-order chi connectivity index (χ1) is 13.4. The lowest BCUT2D eigenvalue weighted by Gasteiger charge is -2.37. The molecule has 7 nitrogen and oxygen atoms in total. The summed E-state index contributed by atoms with van der Waals surface area (Å²) in [4.78, 5) is 26.7. The van der Waals surface area contributed by atoms with Crippen LogP contribution in [0.25, 0.3) is 10.9 Å². The zero-order valence-corrected chi connectivity index (χ0v) is 16.4. The number of nitrogens with zero attached hydrogens (tertiary/aromatic N) is 2. The minimum absolute atomic E-state index is 0.0916. The van der Waals surface area contributed by atoms with E-state index in [4.69, 9.17) is 10.5 Å². The fourth-order valence-electron chi connectivity index (χ4n) is 4.33. The molecular weight excluding hydrogens is 358 g/mol. The minimum Gasteiger partial charge on any atom is -0.489 e. The van der Waals surface area contributed by atoms with Crippen LogP contribution in [0.4, 0.5) is 5.69 Å². The van der Waals surface area contributed by atoms with Gasteiger partial charge in [0.05, 0.1) is 23.2 Å². The first-order valence-electron chi connectivity index (χ1n) is 9.99. The number of carboxylic acids is 1. The summed E-state index contributed by atoms with van der Waals surface area (Å²) in [6, 6.07) is 3.92. The summed E-state index contributed by atoms with van der Waals surface area (Å²) in [7, 11) is 0. The number of hydrogen-bond donors (Lipinski definition) is 2. The van der Waals surface area contributed by atoms with Gasteiger partial charge in [-0.3, -0.25) is 4.79 Å². The quantitative estimate of drug-likeness (QED) is 0.821. The van der Waals surface area contributed by atoms with Crippen LogP contribution in [-0.4, -0.2) is 41.4 Å². The van der Waals surface area contributed by atoms with Crippen molar-refractivity contribution in [3.63, 3.8) is 0 Å². The fraction of sp³-hybridized carbons (Fsp3) is 0.524. The number of ether oxygens (including phenoxy) is 1. The Balaban J connectivity index is 1.97. The molecule has 1 aromatic carbocycles. The van der Waals surface area contributed by atoms with Crippen molar-refractivity contribution in [3.05, 3.63) is 34.1 Å². The Labute approximate surface area is 163 Å². The van der Waals surface area contributed by atoms with Gasteiger partial charge < -0.3 is 25.0 Å². The number of anilines is 1. The largest absolute Gasteiger partial charge is 0.489 e. The number of nitrogens with two attached hydrogens (primary N) is 1. The molecule has 1 saturated carbocycles. The first kappa shape index (κ1) is 18.8. The minimum atomic E-state index is -1.20. The molecule has 0 unspecified atom stereocenters. The molecule has 4 rings (SSSR count). The Kier molecular flexibility index (Phi) is 4.79. The van der Waals surface area contributed by atoms with Gasteiger partial charge in [-0.25, -0.2) is 4.79 Å². The van der Waals surface area contributed by atoms with E-state index >= 15 is 0 Å². The van der Waals surface area contributed by atoms with E-state index in [0.29, 0.717) is 29.2 Å². The highest BCUT2D eigenvalue weighted by atomic mass is 16.5. The van der Waals surface area contributed by atoms with Crippen molar-refractivity contribution in [3.8, 4) is 5.75 Å². The van der Waals surface area contributed by atoms with E-state index in [2.05, 4.69) is 11.8 Å². The van der Waals surface area contributed by atoms with Gasteiger partial charge in [0, 0.05) is 31.4 Å². The summed E-state index contributed by atoms with van der Waals surface area (Å²) in [6.45, 7) is 6.17. The molecule has 1 aliphatic carbocycles. The molecule has 2 aromatic rings. The molecule has 150 valence electrons. The monoisotopic (exact) mass is 385 g/mol. The number of rotatable bonds is 5. The summed E-state index contributed by atoms with van der Waals surface area (Å²) < 4.78 is 7.99. The molecule has 0 bridgehead atoms. The molecule has 1 aromatic heterocycles. The Hall–Kier alpha value is -2.54. The van der Waals surface area contributed by atoms with Crippen LogP contribution < -0.4 is 20.8 Å². The van der Waals surface area contributed by atoms with Gasteiger partial charge in [0.1, 0.15) is 5.56 Å². The first-order valence-corrected chi connectivity index (χ1v) is 9.99. The maximum Gasteiger partial charge on any atom is 0.341 e. The Morgan fingerprint density at radius 3 is 2.68 bits per heavy atom. The van der Waals surface area contributed by atoms with Gasteiger partial charge in [0.2, 0.25) is 5.43 Å². The summed E-state index contributed by atoms with van der Waals surface area (Å²) in [5.41, 5.74) is 7.22. The maximum atomic E-state index is 12.8. The van der Waals surface area contributed by atoms with E-state index in [9.17, 15) is 14.7 Å². The fourth-order valence-corrected chi connectivity index (χ4v) is 4.33. The van der Waals surface area contributed by atoms with Crippen LogP contribution >= 0.6 is 0 Å². The van der Waals surface area contributed by atoms with Crippen molar-refractivity contribution in [2.45, 2.75) is 45.2 Å². The summed E-state index contributed by atoms with van der Waals surface area (Å²) in [5.74, 6) is -0.0738. The van der Waals surface area contributed by atoms with E-state index in [1.165, 1.54) is 6.20 Å². The highest BCUT2D eigenvalue weighted by molar-refractivity contribution is 5.97. The van der Waals surface area contributed by atoms with Crippen molar-refractivity contribution in [2.75, 3.05) is 24.6 Å². The SMILES string of the molecule is CCOc1c(N2C[C@@H](C)C[C@H](N)C2)ccc2c(=O)c(C(=O)O)cn(C3CC3)c12. The Bertz CT molecular complexity index is 970. The summed E-state index contributed by atoms with van der Waals surface area (Å²) >= 11 is 0. The Morgan fingerprint density at radius 2 is 2.07 bits per heavy atom. The predicted molar refractivity (Wildman–Crippen MR) is 109 cm³/mol. The number of carboxylic acid groups (broad SMARTS) is 1. The van der Waals surface area contributed by atoms with Crippen LogP contribution in [0.3, 0.4) is 0 Å². The van der Waals surface area contributed by atoms with Crippen molar-refractivity contribution >= 4 is 22.6 Å². The van der Waals surface area contributed by atoms with Crippen LogP contribution in [0.2, 0.25) is 0 Å². The van der Waals surface area contributed by atoms with Gasteiger partial charge >= 0.3 is 5.97 Å². The molecule has 2 fully saturated rings. The van der Waals surface area contributed by atoms with Gasteiger partial charge in [-0.15, -0.1) is 0 Å². The van der Waals surface area contributed by atoms with Gasteiger partial charge in [0.25, 0.3) is 0 Å². The van der Waals surface area contributed by atoms with Crippen LogP contribution in [0.15, 0.2) is 23.1 Å². The highest BCUT2D eigenvalue weighted by Crippen LogP contribution is 2.43. The lowest BCUT2D eigenvalue weighted by atomic mass is 9.95. The second kappa shape index (κ2) is 7.13. The summed E-state index contributed by atoms with van der Waals surface area (Å²) in [6.07, 6.45) is 4.42. The van der Waals surface area contributed by atoms with Crippen LogP contribution in [0.5, 0.6) is 5.75 Å². The molecule has 0 radical (unpaired) electrons. The zero-order valence-electron chi connectivity index (χ0n) is 16.4. The van der Waals surface area contributed by atoms with E-state index in [1.54, 1.807) is 6.07 Å². The van der Waals surface area contributed by atoms with Crippen molar-refractivity contribution < 1.29 is 14.6 Å². The molecule has 2 aliphatic rings. The number of aromatic carboxylic acids is 1. The number of hydrogen-bond acceptors (Lipinski definition) is 5. The molecule has 0 amide bonds. The number of aromatic nitrogens is 1. The average molecular weight is 385 g/mol. The predicted octanol–water partition coefficient (Wildman–Crippen LogP) is 2.61. The van der Waals surface area contributed by atoms with E-state index < -0.39 is 11.4 Å². The van der Waals surface area contributed by atoms with Gasteiger partial charge in [-0.1, -0.05) is 6.92 Å². The smallest absolute Gasteiger partial charge is 0.341 e. The lowest BCUT2D eigenvalue weighted by Crippen LogP contribution is -2.46. The van der Waals surface area contributed by atoms with Gasteiger partial charge in [-0.05, 0) is 44.2 Å². The molecule has 28 heavy (non-hydrogen) atoms. The van der Waals surface area contributed by atoms with Crippen LogP contribution in [0.1, 0.15) is 49.5 Å². The third kappa shape index (κ3) is 3.24. The van der Waals surface area contributed by atoms with Gasteiger partial charge in [0.15, 0.2) is 5.75 Å². The second-order valence-electron chi connectivity index (χ2n) is 8.06. The molecule has 7 heteroatoms. The standard InChI is InChI=1S/C21H27N3O4/c1-3-28-20-17(23-9-12(2)8-13(22)10-23)7-6-15-18(20)24(14-4-5-14)11-16(19(15)25)21(26)27/h6-7,11-14H,3-5,8-10,22H2,1-2H3,(H,26,27)/t12-,13-/m0/s1. The Morgan fingerprint density at radius 1 is 1.32 bits per heavy atom. The van der Waals surface area contributed by atoms with Crippen molar-refractivity contribution in [2.24, 2.45) is 11.7 Å². The molecule has 1 aliphatic heterocycles. The zero-order chi connectivity index (χ0) is 20.0. The van der Waals surface area contributed by atoms with E-state index in [1.807, 2.05) is 17.6 Å². The average Bonchev–Trinajstić information content (AvgIpc) is 3.46. The van der Waals surface area contributed by atoms with Gasteiger partial charge in [-0.2, -0.15) is 0 Å². The number of pyridine rings is 1. The second-order valence-corrected chi connectivity index (χ2v) is 8.06. The molecular formula is C21H27N3O4. The number of benzene rings is 1. The highest BCUT2D eigenvalue weighted by Gasteiger charge is 2.31. The van der Waals surface area contributed by atoms with E-state index in [0.717, 1.165) is 38.0 Å². The number of carbonyl (C=O) groups is 1. The lowest BCUT2D eigenvalue weighted by molar-refractivity contribution is 0.0695.